The molecule has 1 atom stereocenters. The molecule has 132 valence electrons. The second-order valence-corrected chi connectivity index (χ2v) is 6.78. The molecule has 6 nitrogen and oxygen atoms in total. The van der Waals surface area contributed by atoms with Crippen LogP contribution in [0.1, 0.15) is 29.8 Å². The van der Waals surface area contributed by atoms with Gasteiger partial charge in [0.2, 0.25) is 5.91 Å². The van der Waals surface area contributed by atoms with Crippen LogP contribution in [-0.2, 0) is 21.5 Å². The van der Waals surface area contributed by atoms with Crippen molar-refractivity contribution in [2.24, 2.45) is 0 Å². The number of rotatable bonds is 2. The van der Waals surface area contributed by atoms with Crippen LogP contribution in [0.5, 0.6) is 0 Å². The summed E-state index contributed by atoms with van der Waals surface area (Å²) in [6.07, 6.45) is 3.75. The van der Waals surface area contributed by atoms with Gasteiger partial charge in [-0.1, -0.05) is 6.07 Å². The zero-order chi connectivity index (χ0) is 17.4. The SMILES string of the molecule is Cc1ccc(NC(=O)[C@@H]2Cc3[nH]cnc3C3(CCOCC3)N2)cc1F. The highest BCUT2D eigenvalue weighted by atomic mass is 19.1. The van der Waals surface area contributed by atoms with Crippen molar-refractivity contribution in [2.75, 3.05) is 18.5 Å². The van der Waals surface area contributed by atoms with E-state index in [0.29, 0.717) is 30.9 Å². The molecule has 1 fully saturated rings. The summed E-state index contributed by atoms with van der Waals surface area (Å²) in [4.78, 5) is 20.4. The lowest BCUT2D eigenvalue weighted by Crippen LogP contribution is -2.59. The number of nitrogens with one attached hydrogen (secondary N) is 3. The van der Waals surface area contributed by atoms with Crippen molar-refractivity contribution in [3.8, 4) is 0 Å². The lowest BCUT2D eigenvalue weighted by molar-refractivity contribution is -0.119. The zero-order valence-corrected chi connectivity index (χ0v) is 14.1. The fourth-order valence-corrected chi connectivity index (χ4v) is 3.71. The largest absolute Gasteiger partial charge is 0.381 e. The lowest BCUT2D eigenvalue weighted by Gasteiger charge is -2.43. The van der Waals surface area contributed by atoms with E-state index in [4.69, 9.17) is 4.74 Å². The average molecular weight is 344 g/mol. The molecular formula is C18H21FN4O2. The first-order valence-electron chi connectivity index (χ1n) is 8.53. The standard InChI is InChI=1S/C18H21FN4O2/c1-11-2-3-12(8-13(11)19)22-17(24)15-9-14-16(21-10-20-14)18(23-15)4-6-25-7-5-18/h2-3,8,10,15,23H,4-7,9H2,1H3,(H,20,21)(H,22,24)/t15-/m0/s1. The van der Waals surface area contributed by atoms with Crippen molar-refractivity contribution in [2.45, 2.75) is 37.8 Å². The number of H-pyrrole nitrogens is 1. The summed E-state index contributed by atoms with van der Waals surface area (Å²) in [5.74, 6) is -0.500. The number of nitrogens with zero attached hydrogens (tertiary/aromatic N) is 1. The van der Waals surface area contributed by atoms with E-state index in [2.05, 4.69) is 20.6 Å². The molecule has 0 bridgehead atoms. The number of ether oxygens (including phenoxy) is 1. The second-order valence-electron chi connectivity index (χ2n) is 6.78. The van der Waals surface area contributed by atoms with Gasteiger partial charge < -0.3 is 15.0 Å². The van der Waals surface area contributed by atoms with E-state index in [0.717, 1.165) is 24.2 Å². The van der Waals surface area contributed by atoms with Crippen LogP contribution in [0.25, 0.3) is 0 Å². The topological polar surface area (TPSA) is 79.0 Å². The van der Waals surface area contributed by atoms with Crippen LogP contribution >= 0.6 is 0 Å². The molecule has 2 aromatic rings. The van der Waals surface area contributed by atoms with Crippen molar-refractivity contribution in [1.29, 1.82) is 0 Å². The highest BCUT2D eigenvalue weighted by Gasteiger charge is 2.44. The lowest BCUT2D eigenvalue weighted by atomic mass is 9.80. The summed E-state index contributed by atoms with van der Waals surface area (Å²) < 4.78 is 19.2. The van der Waals surface area contributed by atoms with Crippen LogP contribution in [0, 0.1) is 12.7 Å². The summed E-state index contributed by atoms with van der Waals surface area (Å²) in [7, 11) is 0. The van der Waals surface area contributed by atoms with Crippen LogP contribution in [0.2, 0.25) is 0 Å². The maximum atomic E-state index is 13.7. The third kappa shape index (κ3) is 2.94. The molecule has 1 spiro atoms. The molecule has 1 saturated heterocycles. The van der Waals surface area contributed by atoms with Crippen molar-refractivity contribution in [1.82, 2.24) is 15.3 Å². The van der Waals surface area contributed by atoms with E-state index in [9.17, 15) is 9.18 Å². The van der Waals surface area contributed by atoms with E-state index in [-0.39, 0.29) is 17.3 Å². The maximum absolute atomic E-state index is 13.7. The number of aryl methyl sites for hydroxylation is 1. The zero-order valence-electron chi connectivity index (χ0n) is 14.1. The molecule has 25 heavy (non-hydrogen) atoms. The molecule has 4 rings (SSSR count). The molecule has 0 aliphatic carbocycles. The van der Waals surface area contributed by atoms with E-state index < -0.39 is 6.04 Å². The summed E-state index contributed by atoms with van der Waals surface area (Å²) in [6, 6.07) is 4.31. The first kappa shape index (κ1) is 16.2. The van der Waals surface area contributed by atoms with Crippen molar-refractivity contribution in [3.05, 3.63) is 47.3 Å². The third-order valence-corrected chi connectivity index (χ3v) is 5.13. The van der Waals surface area contributed by atoms with Crippen LogP contribution in [0.3, 0.4) is 0 Å². The smallest absolute Gasteiger partial charge is 0.241 e. The quantitative estimate of drug-likeness (QED) is 0.779. The number of hydrogen-bond donors (Lipinski definition) is 3. The number of hydrogen-bond acceptors (Lipinski definition) is 4. The predicted octanol–water partition coefficient (Wildman–Crippen LogP) is 2.02. The van der Waals surface area contributed by atoms with Gasteiger partial charge in [0, 0.05) is 31.0 Å². The number of carbonyl (C=O) groups excluding carboxylic acids is 1. The van der Waals surface area contributed by atoms with Gasteiger partial charge in [-0.3, -0.25) is 10.1 Å². The van der Waals surface area contributed by atoms with Gasteiger partial charge in [0.15, 0.2) is 0 Å². The first-order valence-corrected chi connectivity index (χ1v) is 8.53. The minimum Gasteiger partial charge on any atom is -0.381 e. The normalized spacial score (nSPS) is 21.8. The fraction of sp³-hybridized carbons (Fsp3) is 0.444. The summed E-state index contributed by atoms with van der Waals surface area (Å²) >= 11 is 0. The summed E-state index contributed by atoms with van der Waals surface area (Å²) in [5.41, 5.74) is 2.65. The van der Waals surface area contributed by atoms with Crippen LogP contribution in [0.4, 0.5) is 10.1 Å². The highest BCUT2D eigenvalue weighted by molar-refractivity contribution is 5.95. The van der Waals surface area contributed by atoms with Gasteiger partial charge >= 0.3 is 0 Å². The van der Waals surface area contributed by atoms with Gasteiger partial charge in [0.1, 0.15) is 5.82 Å². The molecule has 2 aliphatic rings. The second kappa shape index (κ2) is 6.24. The fourth-order valence-electron chi connectivity index (χ4n) is 3.71. The number of aromatic nitrogens is 2. The monoisotopic (exact) mass is 344 g/mol. The Labute approximate surface area is 145 Å². The number of imidazole rings is 1. The molecule has 1 amide bonds. The molecule has 3 heterocycles. The first-order chi connectivity index (χ1) is 12.1. The number of benzene rings is 1. The molecule has 2 aliphatic heterocycles. The summed E-state index contributed by atoms with van der Waals surface area (Å²) in [5, 5.41) is 6.31. The van der Waals surface area contributed by atoms with Crippen LogP contribution in [-0.4, -0.2) is 35.1 Å². The van der Waals surface area contributed by atoms with Gasteiger partial charge in [-0.15, -0.1) is 0 Å². The van der Waals surface area contributed by atoms with E-state index in [1.54, 1.807) is 25.4 Å². The van der Waals surface area contributed by atoms with Crippen molar-refractivity contribution in [3.63, 3.8) is 0 Å². The van der Waals surface area contributed by atoms with Gasteiger partial charge in [-0.05, 0) is 37.5 Å². The Bertz CT molecular complexity index is 798. The Morgan fingerprint density at radius 2 is 2.20 bits per heavy atom. The van der Waals surface area contributed by atoms with Crippen LogP contribution in [0.15, 0.2) is 24.5 Å². The van der Waals surface area contributed by atoms with Crippen molar-refractivity contribution < 1.29 is 13.9 Å². The molecule has 1 aromatic heterocycles. The molecule has 0 saturated carbocycles. The Morgan fingerprint density at radius 1 is 1.40 bits per heavy atom. The molecule has 0 radical (unpaired) electrons. The van der Waals surface area contributed by atoms with Gasteiger partial charge in [-0.25, -0.2) is 9.37 Å². The van der Waals surface area contributed by atoms with Gasteiger partial charge in [0.25, 0.3) is 0 Å². The minimum atomic E-state index is -0.407. The number of aromatic amines is 1. The highest BCUT2D eigenvalue weighted by Crippen LogP contribution is 2.36. The van der Waals surface area contributed by atoms with E-state index >= 15 is 0 Å². The van der Waals surface area contributed by atoms with Crippen molar-refractivity contribution >= 4 is 11.6 Å². The Morgan fingerprint density at radius 3 is 2.96 bits per heavy atom. The Kier molecular flexibility index (Phi) is 4.05. The predicted molar refractivity (Wildman–Crippen MR) is 90.7 cm³/mol. The van der Waals surface area contributed by atoms with Crippen LogP contribution < -0.4 is 10.6 Å². The summed E-state index contributed by atoms with van der Waals surface area (Å²) in [6.45, 7) is 2.96. The number of amides is 1. The molecule has 0 unspecified atom stereocenters. The Hall–Kier alpha value is -2.25. The van der Waals surface area contributed by atoms with E-state index in [1.807, 2.05) is 0 Å². The Balaban J connectivity index is 1.56. The number of fused-ring (bicyclic) bond motifs is 2. The van der Waals surface area contributed by atoms with Gasteiger partial charge in [0.05, 0.1) is 23.6 Å². The number of halogens is 1. The molecule has 1 aromatic carbocycles. The average Bonchev–Trinajstić information content (AvgIpc) is 3.08. The third-order valence-electron chi connectivity index (χ3n) is 5.13. The molecule has 7 heteroatoms. The molecular weight excluding hydrogens is 323 g/mol. The maximum Gasteiger partial charge on any atom is 0.241 e. The number of carbonyl (C=O) groups is 1. The molecule has 3 N–H and O–H groups in total. The van der Waals surface area contributed by atoms with E-state index in [1.165, 1.54) is 6.07 Å². The number of anilines is 1. The van der Waals surface area contributed by atoms with Gasteiger partial charge in [-0.2, -0.15) is 0 Å². The minimum absolute atomic E-state index is 0.172.